The van der Waals surface area contributed by atoms with Gasteiger partial charge in [-0.25, -0.2) is 0 Å². The summed E-state index contributed by atoms with van der Waals surface area (Å²) in [4.78, 5) is 15.8. The molecule has 0 aliphatic heterocycles. The smallest absolute Gasteiger partial charge is 0.229 e. The molecule has 4 bridgehead atoms. The van der Waals surface area contributed by atoms with E-state index < -0.39 is 0 Å². The lowest BCUT2D eigenvalue weighted by Gasteiger charge is -2.65. The molecule has 0 saturated heterocycles. The van der Waals surface area contributed by atoms with Crippen molar-refractivity contribution >= 4 is 5.91 Å². The topological polar surface area (TPSA) is 46.3 Å². The molecular formula is C22H32N2O. The summed E-state index contributed by atoms with van der Waals surface area (Å²) in [5, 5.41) is 0. The summed E-state index contributed by atoms with van der Waals surface area (Å²) in [6, 6.07) is 10.3. The van der Waals surface area contributed by atoms with E-state index in [4.69, 9.17) is 5.73 Å². The SMILES string of the molecule is CC12CC3CC(C)(C1)CC(C(=O)N(CCN)Cc1ccccc1)(C3)C2. The predicted octanol–water partition coefficient (Wildman–Crippen LogP) is 3.97. The van der Waals surface area contributed by atoms with E-state index in [0.29, 0.717) is 36.4 Å². The van der Waals surface area contributed by atoms with Crippen LogP contribution >= 0.6 is 0 Å². The molecule has 4 aliphatic carbocycles. The number of hydrogen-bond acceptors (Lipinski definition) is 2. The van der Waals surface area contributed by atoms with Crippen molar-refractivity contribution in [3.8, 4) is 0 Å². The van der Waals surface area contributed by atoms with Crippen LogP contribution < -0.4 is 5.73 Å². The molecule has 0 aromatic heterocycles. The van der Waals surface area contributed by atoms with Crippen molar-refractivity contribution in [1.29, 1.82) is 0 Å². The molecular weight excluding hydrogens is 308 g/mol. The molecule has 25 heavy (non-hydrogen) atoms. The van der Waals surface area contributed by atoms with Crippen LogP contribution in [0, 0.1) is 22.2 Å². The molecule has 0 spiro atoms. The third-order valence-corrected chi connectivity index (χ3v) is 6.98. The van der Waals surface area contributed by atoms with Crippen LogP contribution in [0.4, 0.5) is 0 Å². The van der Waals surface area contributed by atoms with E-state index in [9.17, 15) is 4.79 Å². The molecule has 5 rings (SSSR count). The molecule has 136 valence electrons. The number of carbonyl (C=O) groups is 1. The van der Waals surface area contributed by atoms with Crippen LogP contribution in [0.15, 0.2) is 30.3 Å². The highest BCUT2D eigenvalue weighted by Crippen LogP contribution is 2.69. The monoisotopic (exact) mass is 340 g/mol. The lowest BCUT2D eigenvalue weighted by Crippen LogP contribution is -2.60. The van der Waals surface area contributed by atoms with E-state index >= 15 is 0 Å². The van der Waals surface area contributed by atoms with Crippen molar-refractivity contribution in [3.63, 3.8) is 0 Å². The first-order valence-corrected chi connectivity index (χ1v) is 9.89. The number of carbonyl (C=O) groups excluding carboxylic acids is 1. The first kappa shape index (κ1) is 17.1. The zero-order valence-corrected chi connectivity index (χ0v) is 15.8. The summed E-state index contributed by atoms with van der Waals surface area (Å²) >= 11 is 0. The van der Waals surface area contributed by atoms with Gasteiger partial charge in [-0.05, 0) is 60.8 Å². The normalized spacial score (nSPS) is 38.8. The second-order valence-electron chi connectivity index (χ2n) is 9.91. The second kappa shape index (κ2) is 5.84. The Labute approximate surface area is 152 Å². The second-order valence-corrected chi connectivity index (χ2v) is 9.91. The molecule has 1 aromatic carbocycles. The number of amides is 1. The Bertz CT molecular complexity index is 637. The van der Waals surface area contributed by atoms with E-state index in [2.05, 4.69) is 30.9 Å². The van der Waals surface area contributed by atoms with Crippen LogP contribution in [-0.2, 0) is 11.3 Å². The molecule has 2 atom stereocenters. The first-order chi connectivity index (χ1) is 11.9. The average molecular weight is 341 g/mol. The van der Waals surface area contributed by atoms with Gasteiger partial charge >= 0.3 is 0 Å². The van der Waals surface area contributed by atoms with Gasteiger partial charge < -0.3 is 10.6 Å². The van der Waals surface area contributed by atoms with E-state index in [1.807, 2.05) is 18.2 Å². The van der Waals surface area contributed by atoms with Gasteiger partial charge in [-0.15, -0.1) is 0 Å². The van der Waals surface area contributed by atoms with E-state index in [-0.39, 0.29) is 5.41 Å². The van der Waals surface area contributed by atoms with Crippen molar-refractivity contribution in [2.24, 2.45) is 27.9 Å². The van der Waals surface area contributed by atoms with Crippen LogP contribution in [0.25, 0.3) is 0 Å². The third kappa shape index (κ3) is 3.01. The van der Waals surface area contributed by atoms with Gasteiger partial charge in [0.15, 0.2) is 0 Å². The highest BCUT2D eigenvalue weighted by Gasteiger charge is 2.63. The molecule has 1 aromatic rings. The minimum atomic E-state index is -0.132. The zero-order chi connectivity index (χ0) is 17.7. The number of nitrogens with zero attached hydrogens (tertiary/aromatic N) is 1. The Morgan fingerprint density at radius 2 is 1.72 bits per heavy atom. The number of hydrogen-bond donors (Lipinski definition) is 1. The van der Waals surface area contributed by atoms with E-state index in [1.165, 1.54) is 24.8 Å². The van der Waals surface area contributed by atoms with Gasteiger partial charge in [0.2, 0.25) is 5.91 Å². The molecule has 0 heterocycles. The van der Waals surface area contributed by atoms with Gasteiger partial charge in [0.1, 0.15) is 0 Å². The maximum absolute atomic E-state index is 13.7. The van der Waals surface area contributed by atoms with Gasteiger partial charge in [-0.1, -0.05) is 44.2 Å². The number of benzene rings is 1. The molecule has 2 unspecified atom stereocenters. The highest BCUT2D eigenvalue weighted by molar-refractivity contribution is 5.83. The van der Waals surface area contributed by atoms with Crippen LogP contribution in [-0.4, -0.2) is 23.9 Å². The van der Waals surface area contributed by atoms with Crippen molar-refractivity contribution in [3.05, 3.63) is 35.9 Å². The van der Waals surface area contributed by atoms with Crippen LogP contribution in [0.3, 0.4) is 0 Å². The summed E-state index contributed by atoms with van der Waals surface area (Å²) in [6.07, 6.45) is 7.23. The molecule has 3 nitrogen and oxygen atoms in total. The molecule has 4 fully saturated rings. The van der Waals surface area contributed by atoms with Crippen molar-refractivity contribution in [1.82, 2.24) is 4.90 Å². The fraction of sp³-hybridized carbons (Fsp3) is 0.682. The van der Waals surface area contributed by atoms with Gasteiger partial charge in [0, 0.05) is 19.6 Å². The lowest BCUT2D eigenvalue weighted by atomic mass is 9.40. The summed E-state index contributed by atoms with van der Waals surface area (Å²) < 4.78 is 0. The Morgan fingerprint density at radius 1 is 1.08 bits per heavy atom. The fourth-order valence-corrected chi connectivity index (χ4v) is 7.23. The Hall–Kier alpha value is -1.35. The van der Waals surface area contributed by atoms with Gasteiger partial charge in [0.05, 0.1) is 5.41 Å². The summed E-state index contributed by atoms with van der Waals surface area (Å²) in [7, 11) is 0. The van der Waals surface area contributed by atoms with Crippen molar-refractivity contribution < 1.29 is 4.79 Å². The molecule has 1 amide bonds. The number of nitrogens with two attached hydrogens (primary N) is 1. The Morgan fingerprint density at radius 3 is 2.28 bits per heavy atom. The summed E-state index contributed by atoms with van der Waals surface area (Å²) in [5.41, 5.74) is 7.67. The van der Waals surface area contributed by atoms with Gasteiger partial charge in [-0.2, -0.15) is 0 Å². The Balaban J connectivity index is 1.61. The molecule has 2 N–H and O–H groups in total. The molecule has 4 aliphatic rings. The minimum Gasteiger partial charge on any atom is -0.337 e. The largest absolute Gasteiger partial charge is 0.337 e. The maximum Gasteiger partial charge on any atom is 0.229 e. The molecule has 0 radical (unpaired) electrons. The lowest BCUT2D eigenvalue weighted by molar-refractivity contribution is -0.180. The molecule has 3 heteroatoms. The highest BCUT2D eigenvalue weighted by atomic mass is 16.2. The minimum absolute atomic E-state index is 0.132. The standard InChI is InChI=1S/C22H32N2O/c1-20-10-18-11-21(2,14-20)16-22(12-18,15-20)19(25)24(9-8-23)13-17-6-4-3-5-7-17/h3-7,18H,8-16,23H2,1-2H3. The Kier molecular flexibility index (Phi) is 3.99. The van der Waals surface area contributed by atoms with E-state index in [1.54, 1.807) is 0 Å². The van der Waals surface area contributed by atoms with E-state index in [0.717, 1.165) is 25.2 Å². The van der Waals surface area contributed by atoms with Crippen LogP contribution in [0.5, 0.6) is 0 Å². The first-order valence-electron chi connectivity index (χ1n) is 9.89. The zero-order valence-electron chi connectivity index (χ0n) is 15.8. The van der Waals surface area contributed by atoms with Crippen molar-refractivity contribution in [2.75, 3.05) is 13.1 Å². The van der Waals surface area contributed by atoms with Crippen LogP contribution in [0.1, 0.15) is 57.9 Å². The van der Waals surface area contributed by atoms with Gasteiger partial charge in [-0.3, -0.25) is 4.79 Å². The van der Waals surface area contributed by atoms with Crippen LogP contribution in [0.2, 0.25) is 0 Å². The average Bonchev–Trinajstić information content (AvgIpc) is 2.51. The quantitative estimate of drug-likeness (QED) is 0.881. The van der Waals surface area contributed by atoms with Gasteiger partial charge in [0.25, 0.3) is 0 Å². The number of rotatable bonds is 5. The molecule has 4 saturated carbocycles. The van der Waals surface area contributed by atoms with Crippen molar-refractivity contribution in [2.45, 2.75) is 58.9 Å². The summed E-state index contributed by atoms with van der Waals surface area (Å²) in [5.74, 6) is 1.12. The third-order valence-electron chi connectivity index (χ3n) is 6.98. The summed E-state index contributed by atoms with van der Waals surface area (Å²) in [6.45, 7) is 6.75. The predicted molar refractivity (Wildman–Crippen MR) is 101 cm³/mol. The fourth-order valence-electron chi connectivity index (χ4n) is 7.23. The maximum atomic E-state index is 13.7.